The zero-order chi connectivity index (χ0) is 15.1. The second-order valence-corrected chi connectivity index (χ2v) is 5.77. The molecule has 108 valence electrons. The minimum atomic E-state index is -0.302. The minimum absolute atomic E-state index is 0.179. The van der Waals surface area contributed by atoms with Crippen molar-refractivity contribution < 1.29 is 9.18 Å². The van der Waals surface area contributed by atoms with Crippen molar-refractivity contribution in [2.75, 3.05) is 0 Å². The highest BCUT2D eigenvalue weighted by atomic mass is 32.2. The predicted octanol–water partition coefficient (Wildman–Crippen LogP) is 3.46. The smallest absolute Gasteiger partial charge is 0.253 e. The van der Waals surface area contributed by atoms with Crippen LogP contribution in [0.4, 0.5) is 4.39 Å². The monoisotopic (exact) mass is 302 g/mol. The number of nitrogens with zero attached hydrogens (tertiary/aromatic N) is 1. The number of rotatable bonds is 5. The van der Waals surface area contributed by atoms with Crippen LogP contribution >= 0.6 is 11.8 Å². The summed E-state index contributed by atoms with van der Waals surface area (Å²) in [6.07, 6.45) is 1.48. The largest absolute Gasteiger partial charge is 0.272 e. The van der Waals surface area contributed by atoms with Crippen LogP contribution in [0.5, 0.6) is 0 Å². The van der Waals surface area contributed by atoms with E-state index < -0.39 is 0 Å². The summed E-state index contributed by atoms with van der Waals surface area (Å²) in [7, 11) is 0. The number of hydrogen-bond acceptors (Lipinski definition) is 3. The zero-order valence-electron chi connectivity index (χ0n) is 11.5. The second-order valence-electron chi connectivity index (χ2n) is 4.36. The number of amides is 1. The van der Waals surface area contributed by atoms with Crippen LogP contribution in [0.3, 0.4) is 0 Å². The molecule has 0 fully saturated rings. The Kier molecular flexibility index (Phi) is 5.51. The molecule has 1 atom stereocenters. The van der Waals surface area contributed by atoms with Crippen LogP contribution < -0.4 is 5.43 Å². The Bertz CT molecular complexity index is 614. The third kappa shape index (κ3) is 5.04. The minimum Gasteiger partial charge on any atom is -0.272 e. The summed E-state index contributed by atoms with van der Waals surface area (Å²) in [6.45, 7) is 1.82. The maximum Gasteiger partial charge on any atom is 0.253 e. The van der Waals surface area contributed by atoms with Crippen molar-refractivity contribution in [3.63, 3.8) is 0 Å². The van der Waals surface area contributed by atoms with Crippen LogP contribution in [0.25, 0.3) is 0 Å². The van der Waals surface area contributed by atoms with E-state index in [1.807, 2.05) is 37.3 Å². The molecule has 0 saturated heterocycles. The van der Waals surface area contributed by atoms with Crippen molar-refractivity contribution in [1.82, 2.24) is 5.43 Å². The lowest BCUT2D eigenvalue weighted by molar-refractivity contribution is -0.120. The van der Waals surface area contributed by atoms with E-state index in [9.17, 15) is 9.18 Å². The van der Waals surface area contributed by atoms with E-state index in [0.717, 1.165) is 10.5 Å². The van der Waals surface area contributed by atoms with Crippen LogP contribution in [-0.4, -0.2) is 17.4 Å². The number of hydrogen-bond donors (Lipinski definition) is 1. The molecular formula is C16H15FN2OS. The Morgan fingerprint density at radius 2 is 1.86 bits per heavy atom. The lowest BCUT2D eigenvalue weighted by atomic mass is 10.2. The fourth-order valence-electron chi connectivity index (χ4n) is 1.57. The molecule has 0 aliphatic heterocycles. The Balaban J connectivity index is 1.85. The SMILES string of the molecule is C[C@H](Sc1ccccc1)C(=O)N/N=C\c1ccc(F)cc1. The molecule has 1 N–H and O–H groups in total. The quantitative estimate of drug-likeness (QED) is 0.522. The van der Waals surface area contributed by atoms with E-state index in [1.165, 1.54) is 30.1 Å². The number of hydrazone groups is 1. The molecular weight excluding hydrogens is 287 g/mol. The number of nitrogens with one attached hydrogen (secondary N) is 1. The average molecular weight is 302 g/mol. The second kappa shape index (κ2) is 7.59. The van der Waals surface area contributed by atoms with Gasteiger partial charge in [-0.15, -0.1) is 11.8 Å². The van der Waals surface area contributed by atoms with Crippen LogP contribution in [0.2, 0.25) is 0 Å². The van der Waals surface area contributed by atoms with Crippen molar-refractivity contribution in [2.45, 2.75) is 17.1 Å². The van der Waals surface area contributed by atoms with Gasteiger partial charge in [-0.3, -0.25) is 4.79 Å². The van der Waals surface area contributed by atoms with Crippen molar-refractivity contribution in [3.8, 4) is 0 Å². The summed E-state index contributed by atoms with van der Waals surface area (Å²) in [5, 5.41) is 3.62. The zero-order valence-corrected chi connectivity index (χ0v) is 12.3. The molecule has 21 heavy (non-hydrogen) atoms. The summed E-state index contributed by atoms with van der Waals surface area (Å²) in [5.74, 6) is -0.480. The van der Waals surface area contributed by atoms with Gasteiger partial charge in [0.15, 0.2) is 0 Å². The van der Waals surface area contributed by atoms with E-state index in [4.69, 9.17) is 0 Å². The van der Waals surface area contributed by atoms with Crippen LogP contribution in [0.15, 0.2) is 64.6 Å². The highest BCUT2D eigenvalue weighted by molar-refractivity contribution is 8.00. The molecule has 0 aliphatic carbocycles. The van der Waals surface area contributed by atoms with Gasteiger partial charge in [-0.05, 0) is 36.8 Å². The van der Waals surface area contributed by atoms with Gasteiger partial charge in [-0.25, -0.2) is 9.82 Å². The first-order chi connectivity index (χ1) is 10.1. The fraction of sp³-hybridized carbons (Fsp3) is 0.125. The Morgan fingerprint density at radius 3 is 2.52 bits per heavy atom. The van der Waals surface area contributed by atoms with E-state index in [2.05, 4.69) is 10.5 Å². The highest BCUT2D eigenvalue weighted by Crippen LogP contribution is 2.22. The van der Waals surface area contributed by atoms with Gasteiger partial charge >= 0.3 is 0 Å². The standard InChI is InChI=1S/C16H15FN2OS/c1-12(21-15-5-3-2-4-6-15)16(20)19-18-11-13-7-9-14(17)10-8-13/h2-12H,1H3,(H,19,20)/b18-11-/t12-/m0/s1. The molecule has 0 unspecified atom stereocenters. The van der Waals surface area contributed by atoms with Gasteiger partial charge in [0, 0.05) is 4.90 Å². The number of benzene rings is 2. The molecule has 0 bridgehead atoms. The molecule has 0 saturated carbocycles. The van der Waals surface area contributed by atoms with Gasteiger partial charge in [0.1, 0.15) is 5.82 Å². The lowest BCUT2D eigenvalue weighted by Gasteiger charge is -2.08. The summed E-state index contributed by atoms with van der Waals surface area (Å²) >= 11 is 1.46. The highest BCUT2D eigenvalue weighted by Gasteiger charge is 2.13. The van der Waals surface area contributed by atoms with Gasteiger partial charge < -0.3 is 0 Å². The van der Waals surface area contributed by atoms with Gasteiger partial charge in [0.2, 0.25) is 0 Å². The first kappa shape index (κ1) is 15.3. The Hall–Kier alpha value is -2.14. The van der Waals surface area contributed by atoms with Crippen LogP contribution in [0.1, 0.15) is 12.5 Å². The Labute approximate surface area is 127 Å². The molecule has 0 radical (unpaired) electrons. The van der Waals surface area contributed by atoms with Crippen LogP contribution in [0, 0.1) is 5.82 Å². The molecule has 0 spiro atoms. The molecule has 1 amide bonds. The maximum atomic E-state index is 12.7. The molecule has 0 aliphatic rings. The first-order valence-corrected chi connectivity index (χ1v) is 7.33. The summed E-state index contributed by atoms with van der Waals surface area (Å²) in [4.78, 5) is 12.9. The summed E-state index contributed by atoms with van der Waals surface area (Å²) in [5.41, 5.74) is 3.20. The number of carbonyl (C=O) groups is 1. The number of carbonyl (C=O) groups excluding carboxylic acids is 1. The first-order valence-electron chi connectivity index (χ1n) is 6.45. The Morgan fingerprint density at radius 1 is 1.19 bits per heavy atom. The van der Waals surface area contributed by atoms with Crippen molar-refractivity contribution >= 4 is 23.9 Å². The lowest BCUT2D eigenvalue weighted by Crippen LogP contribution is -2.26. The van der Waals surface area contributed by atoms with Crippen LogP contribution in [-0.2, 0) is 4.79 Å². The van der Waals surface area contributed by atoms with E-state index in [1.54, 1.807) is 12.1 Å². The summed E-state index contributed by atoms with van der Waals surface area (Å²) in [6, 6.07) is 15.6. The average Bonchev–Trinajstić information content (AvgIpc) is 2.50. The van der Waals surface area contributed by atoms with Gasteiger partial charge in [-0.1, -0.05) is 30.3 Å². The maximum absolute atomic E-state index is 12.7. The van der Waals surface area contributed by atoms with Gasteiger partial charge in [0.25, 0.3) is 5.91 Å². The van der Waals surface area contributed by atoms with E-state index in [-0.39, 0.29) is 17.0 Å². The molecule has 2 rings (SSSR count). The molecule has 2 aromatic rings. The molecule has 0 heterocycles. The number of halogens is 1. The molecule has 2 aromatic carbocycles. The predicted molar refractivity (Wildman–Crippen MR) is 83.9 cm³/mol. The molecule has 5 heteroatoms. The van der Waals surface area contributed by atoms with E-state index >= 15 is 0 Å². The number of thioether (sulfide) groups is 1. The van der Waals surface area contributed by atoms with Crippen molar-refractivity contribution in [3.05, 3.63) is 66.0 Å². The summed E-state index contributed by atoms with van der Waals surface area (Å²) < 4.78 is 12.7. The normalized spacial score (nSPS) is 12.3. The van der Waals surface area contributed by atoms with E-state index in [0.29, 0.717) is 0 Å². The van der Waals surface area contributed by atoms with Crippen molar-refractivity contribution in [2.24, 2.45) is 5.10 Å². The topological polar surface area (TPSA) is 41.5 Å². The fourth-order valence-corrected chi connectivity index (χ4v) is 2.45. The third-order valence-electron chi connectivity index (χ3n) is 2.68. The van der Waals surface area contributed by atoms with Gasteiger partial charge in [0.05, 0.1) is 11.5 Å². The van der Waals surface area contributed by atoms with Crippen molar-refractivity contribution in [1.29, 1.82) is 0 Å². The molecule has 0 aromatic heterocycles. The molecule has 3 nitrogen and oxygen atoms in total. The van der Waals surface area contributed by atoms with Gasteiger partial charge in [-0.2, -0.15) is 5.10 Å². The third-order valence-corrected chi connectivity index (χ3v) is 3.80.